The van der Waals surface area contributed by atoms with Gasteiger partial charge in [0.25, 0.3) is 5.91 Å². The number of nitrogens with zero attached hydrogens (tertiary/aromatic N) is 2. The minimum absolute atomic E-state index is 0.0625. The number of benzene rings is 2. The molecule has 5 rings (SSSR count). The van der Waals surface area contributed by atoms with Gasteiger partial charge in [0.2, 0.25) is 17.4 Å². The first-order valence-electron chi connectivity index (χ1n) is 14.1. The molecule has 2 aliphatic carbocycles. The maximum atomic E-state index is 14.2. The predicted molar refractivity (Wildman–Crippen MR) is 146 cm³/mol. The number of carbonyl (C=O) groups excluding carboxylic acids is 4. The lowest BCUT2D eigenvalue weighted by Crippen LogP contribution is -2.53. The number of hydrogen-bond acceptors (Lipinski definition) is 6. The molecule has 43 heavy (non-hydrogen) atoms. The van der Waals surface area contributed by atoms with Gasteiger partial charge in [-0.3, -0.25) is 14.4 Å². The average Bonchev–Trinajstić information content (AvgIpc) is 3.66. The summed E-state index contributed by atoms with van der Waals surface area (Å²) < 4.78 is 61.6. The van der Waals surface area contributed by atoms with Gasteiger partial charge in [-0.2, -0.15) is 13.2 Å². The minimum atomic E-state index is -4.76. The van der Waals surface area contributed by atoms with E-state index in [9.17, 15) is 36.7 Å². The molecule has 1 unspecified atom stereocenters. The summed E-state index contributed by atoms with van der Waals surface area (Å²) in [6.45, 7) is 2.19. The molecule has 0 bridgehead atoms. The second-order valence-electron chi connectivity index (χ2n) is 11.7. The maximum Gasteiger partial charge on any atom is 0.418 e. The summed E-state index contributed by atoms with van der Waals surface area (Å²) in [6.07, 6.45) is -4.98. The number of hydrogen-bond donors (Lipinski definition) is 2. The Kier molecular flexibility index (Phi) is 7.97. The predicted octanol–water partition coefficient (Wildman–Crippen LogP) is 4.24. The Hall–Kier alpha value is -4.00. The molecule has 3 atom stereocenters. The second-order valence-corrected chi connectivity index (χ2v) is 11.7. The third-order valence-electron chi connectivity index (χ3n) is 8.27. The van der Waals surface area contributed by atoms with Crippen LogP contribution in [0, 0.1) is 17.7 Å². The molecule has 13 heteroatoms. The molecule has 2 aromatic rings. The second kappa shape index (κ2) is 11.3. The number of ether oxygens (including phenoxy) is 1. The number of alkyl halides is 3. The SMILES string of the molecule is CC(C)[C@@H](N)C(=O)Nc1ccc2c(c1)CCC21OC(=O)N(CC(=O)N(Cc2ccc(F)cc2)[C@H](C2CC2)C(F)(F)F)C1=O. The Morgan fingerprint density at radius 1 is 1.14 bits per heavy atom. The van der Waals surface area contributed by atoms with Crippen molar-refractivity contribution in [1.82, 2.24) is 9.80 Å². The van der Waals surface area contributed by atoms with Gasteiger partial charge >= 0.3 is 12.3 Å². The molecule has 1 saturated heterocycles. The lowest BCUT2D eigenvalue weighted by Gasteiger charge is -2.34. The number of rotatable bonds is 9. The Morgan fingerprint density at radius 3 is 2.42 bits per heavy atom. The topological polar surface area (TPSA) is 122 Å². The van der Waals surface area contributed by atoms with Crippen LogP contribution in [-0.4, -0.2) is 58.4 Å². The highest BCUT2D eigenvalue weighted by molar-refractivity contribution is 6.06. The molecule has 0 radical (unpaired) electrons. The molecule has 4 amide bonds. The molecule has 0 aromatic heterocycles. The number of aryl methyl sites for hydroxylation is 1. The van der Waals surface area contributed by atoms with Crippen LogP contribution in [0.4, 0.5) is 28.0 Å². The van der Waals surface area contributed by atoms with Crippen molar-refractivity contribution in [2.24, 2.45) is 17.6 Å². The summed E-state index contributed by atoms with van der Waals surface area (Å²) in [6, 6.07) is 6.60. The van der Waals surface area contributed by atoms with Gasteiger partial charge in [0.05, 0.1) is 6.04 Å². The lowest BCUT2D eigenvalue weighted by molar-refractivity contribution is -0.196. The molecule has 3 N–H and O–H groups in total. The minimum Gasteiger partial charge on any atom is -0.427 e. The van der Waals surface area contributed by atoms with Gasteiger partial charge in [0.1, 0.15) is 18.4 Å². The Labute approximate surface area is 245 Å². The molecule has 1 saturated carbocycles. The monoisotopic (exact) mass is 604 g/mol. The van der Waals surface area contributed by atoms with E-state index in [0.717, 1.165) is 12.1 Å². The fourth-order valence-electron chi connectivity index (χ4n) is 5.72. The number of amides is 4. The number of carbonyl (C=O) groups is 4. The van der Waals surface area contributed by atoms with Crippen molar-refractivity contribution in [2.75, 3.05) is 11.9 Å². The van der Waals surface area contributed by atoms with Crippen LogP contribution < -0.4 is 11.1 Å². The largest absolute Gasteiger partial charge is 0.427 e. The van der Waals surface area contributed by atoms with E-state index in [1.807, 2.05) is 13.8 Å². The zero-order valence-electron chi connectivity index (χ0n) is 23.6. The highest BCUT2D eigenvalue weighted by atomic mass is 19.4. The van der Waals surface area contributed by atoms with E-state index in [2.05, 4.69) is 5.32 Å². The summed E-state index contributed by atoms with van der Waals surface area (Å²) in [5.41, 5.74) is 5.89. The van der Waals surface area contributed by atoms with E-state index >= 15 is 0 Å². The number of nitrogens with two attached hydrogens (primary N) is 1. The Balaban J connectivity index is 1.37. The third-order valence-corrected chi connectivity index (χ3v) is 8.27. The summed E-state index contributed by atoms with van der Waals surface area (Å²) >= 11 is 0. The number of halogens is 4. The Bertz CT molecular complexity index is 1440. The standard InChI is InChI=1S/C30H32F4N4O5/c1-16(2)24(35)26(40)36-21-9-10-22-19(13-21)11-12-29(22)27(41)38(28(42)43-29)15-23(39)37(14-17-3-7-20(31)8-4-17)25(18-5-6-18)30(32,33)34/h3-4,7-10,13,16,18,24-25H,5-6,11-12,14-15,35H2,1-2H3,(H,36,40)/t24-,25-,29?/m1/s1. The fraction of sp³-hybridized carbons (Fsp3) is 0.467. The number of fused-ring (bicyclic) bond motifs is 2. The van der Waals surface area contributed by atoms with Crippen LogP contribution in [0.5, 0.6) is 0 Å². The summed E-state index contributed by atoms with van der Waals surface area (Å²) in [7, 11) is 0. The third kappa shape index (κ3) is 5.95. The summed E-state index contributed by atoms with van der Waals surface area (Å²) in [4.78, 5) is 53.7. The molecular formula is C30H32F4N4O5. The van der Waals surface area contributed by atoms with Gasteiger partial charge in [-0.1, -0.05) is 32.0 Å². The number of imide groups is 1. The Morgan fingerprint density at radius 2 is 1.81 bits per heavy atom. The van der Waals surface area contributed by atoms with Crippen LogP contribution in [0.15, 0.2) is 42.5 Å². The molecule has 9 nitrogen and oxygen atoms in total. The van der Waals surface area contributed by atoms with Crippen molar-refractivity contribution < 1.29 is 41.5 Å². The fourth-order valence-corrected chi connectivity index (χ4v) is 5.72. The maximum absolute atomic E-state index is 14.2. The number of anilines is 1. The van der Waals surface area contributed by atoms with Crippen molar-refractivity contribution in [3.63, 3.8) is 0 Å². The van der Waals surface area contributed by atoms with Gasteiger partial charge in [0, 0.05) is 24.2 Å². The normalized spacial score (nSPS) is 21.2. The van der Waals surface area contributed by atoms with E-state index in [-0.39, 0.29) is 36.7 Å². The average molecular weight is 605 g/mol. The molecule has 1 heterocycles. The molecule has 230 valence electrons. The van der Waals surface area contributed by atoms with Crippen molar-refractivity contribution in [3.8, 4) is 0 Å². The van der Waals surface area contributed by atoms with Crippen molar-refractivity contribution in [2.45, 2.75) is 69.9 Å². The van der Waals surface area contributed by atoms with Crippen molar-refractivity contribution in [3.05, 3.63) is 65.0 Å². The van der Waals surface area contributed by atoms with Gasteiger partial charge in [-0.15, -0.1) is 0 Å². The lowest BCUT2D eigenvalue weighted by atomic mass is 9.94. The van der Waals surface area contributed by atoms with Crippen LogP contribution in [-0.2, 0) is 37.7 Å². The van der Waals surface area contributed by atoms with E-state index in [1.54, 1.807) is 18.2 Å². The van der Waals surface area contributed by atoms with E-state index in [4.69, 9.17) is 10.5 Å². The van der Waals surface area contributed by atoms with Gasteiger partial charge in [0.15, 0.2) is 0 Å². The zero-order chi connectivity index (χ0) is 31.3. The van der Waals surface area contributed by atoms with E-state index in [0.29, 0.717) is 33.0 Å². The van der Waals surface area contributed by atoms with Crippen LogP contribution in [0.25, 0.3) is 0 Å². The first-order chi connectivity index (χ1) is 20.2. The van der Waals surface area contributed by atoms with Gasteiger partial charge < -0.3 is 20.7 Å². The van der Waals surface area contributed by atoms with Crippen LogP contribution in [0.1, 0.15) is 49.8 Å². The molecule has 2 fully saturated rings. The molecule has 2 aromatic carbocycles. The smallest absolute Gasteiger partial charge is 0.418 e. The van der Waals surface area contributed by atoms with Crippen molar-refractivity contribution in [1.29, 1.82) is 0 Å². The molecule has 1 aliphatic heterocycles. The van der Waals surface area contributed by atoms with Crippen molar-refractivity contribution >= 4 is 29.5 Å². The zero-order valence-corrected chi connectivity index (χ0v) is 23.6. The molecular weight excluding hydrogens is 572 g/mol. The van der Waals surface area contributed by atoms with E-state index in [1.165, 1.54) is 12.1 Å². The first kappa shape index (κ1) is 30.5. The number of nitrogens with one attached hydrogen (secondary N) is 1. The highest BCUT2D eigenvalue weighted by Gasteiger charge is 2.59. The highest BCUT2D eigenvalue weighted by Crippen LogP contribution is 2.47. The molecule has 1 spiro atoms. The first-order valence-corrected chi connectivity index (χ1v) is 14.1. The quantitative estimate of drug-likeness (QED) is 0.413. The van der Waals surface area contributed by atoms with Crippen LogP contribution in [0.3, 0.4) is 0 Å². The van der Waals surface area contributed by atoms with Gasteiger partial charge in [-0.05, 0) is 66.5 Å². The summed E-state index contributed by atoms with van der Waals surface area (Å²) in [5.74, 6) is -3.81. The molecule has 3 aliphatic rings. The van der Waals surface area contributed by atoms with Gasteiger partial charge in [-0.25, -0.2) is 14.1 Å². The van der Waals surface area contributed by atoms with Crippen LogP contribution in [0.2, 0.25) is 0 Å². The summed E-state index contributed by atoms with van der Waals surface area (Å²) in [5, 5.41) is 2.73. The van der Waals surface area contributed by atoms with E-state index < -0.39 is 66.6 Å². The van der Waals surface area contributed by atoms with Crippen LogP contribution >= 0.6 is 0 Å².